The van der Waals surface area contributed by atoms with Crippen LogP contribution < -0.4 is 0 Å². The first-order valence-electron chi connectivity index (χ1n) is 7.29. The molecule has 2 aromatic rings. The summed E-state index contributed by atoms with van der Waals surface area (Å²) in [6, 6.07) is 18.2. The van der Waals surface area contributed by atoms with Crippen LogP contribution in [-0.4, -0.2) is 47.4 Å². The maximum Gasteiger partial charge on any atom is 3.00 e. The number of allylic oxidation sites excluding steroid dienone is 1. The van der Waals surface area contributed by atoms with E-state index in [0.29, 0.717) is 11.1 Å². The average Bonchev–Trinajstić information content (AvgIpc) is 2.55. The fourth-order valence-electron chi connectivity index (χ4n) is 1.51. The Morgan fingerprint density at radius 2 is 1.08 bits per heavy atom. The molecule has 0 saturated heterocycles. The topological polar surface area (TPSA) is 130 Å². The van der Waals surface area contributed by atoms with Gasteiger partial charge in [0.25, 0.3) is 0 Å². The zero-order chi connectivity index (χ0) is 19.2. The van der Waals surface area contributed by atoms with E-state index in [1.54, 1.807) is 24.3 Å². The fourth-order valence-corrected chi connectivity index (χ4v) is 1.51. The van der Waals surface area contributed by atoms with Gasteiger partial charge in [0.05, 0.1) is 11.6 Å². The first-order chi connectivity index (χ1) is 11.7. The molecule has 7 heteroatoms. The van der Waals surface area contributed by atoms with Crippen LogP contribution in [0.5, 0.6) is 0 Å². The monoisotopic (exact) mass is 491 g/mol. The van der Waals surface area contributed by atoms with Crippen LogP contribution >= 0.6 is 0 Å². The Morgan fingerprint density at radius 3 is 1.42 bits per heavy atom. The van der Waals surface area contributed by atoms with Crippen molar-refractivity contribution in [1.29, 1.82) is 0 Å². The SMILES string of the molecule is CC(=[OH+])[OH2+].CC(=[OH+])[OH2+].O/C(=C\C(=[OH+])c1ccccc1)c1ccccc1.[Nd+3]. The number of rotatable bonds is 3. The van der Waals surface area contributed by atoms with Gasteiger partial charge in [0.2, 0.25) is 0 Å². The van der Waals surface area contributed by atoms with Crippen LogP contribution in [0.1, 0.15) is 25.0 Å². The van der Waals surface area contributed by atoms with Crippen molar-refractivity contribution < 1.29 is 70.5 Å². The van der Waals surface area contributed by atoms with Gasteiger partial charge in [0, 0.05) is 5.56 Å². The van der Waals surface area contributed by atoms with Crippen LogP contribution in [0, 0.1) is 40.8 Å². The maximum atomic E-state index is 9.83. The van der Waals surface area contributed by atoms with E-state index in [0.717, 1.165) is 0 Å². The molecule has 0 unspecified atom stereocenters. The molecule has 0 spiro atoms. The maximum absolute atomic E-state index is 9.83. The van der Waals surface area contributed by atoms with Gasteiger partial charge in [-0.3, -0.25) is 4.79 Å². The molecule has 26 heavy (non-hydrogen) atoms. The van der Waals surface area contributed by atoms with Gasteiger partial charge in [-0.25, -0.2) is 9.59 Å². The molecular weight excluding hydrogens is 468 g/mol. The standard InChI is InChI=1S/C15H12O2.2C2H4O2.Nd/c16-14(12-7-3-1-4-8-12)11-15(17)13-9-5-2-6-10-13;2*1-2(3)4;/h1-11,16H;2*1H3,(H,3,4);/q;;;+3/p+5/b14-11-;;;. The zero-order valence-corrected chi connectivity index (χ0v) is 17.8. The van der Waals surface area contributed by atoms with Gasteiger partial charge < -0.3 is 15.3 Å². The van der Waals surface area contributed by atoms with E-state index < -0.39 is 0 Å². The predicted molar refractivity (Wildman–Crippen MR) is 102 cm³/mol. The summed E-state index contributed by atoms with van der Waals surface area (Å²) in [7, 11) is 0. The van der Waals surface area contributed by atoms with Crippen molar-refractivity contribution in [2.24, 2.45) is 0 Å². The Hall–Kier alpha value is -2.06. The third kappa shape index (κ3) is 14.3. The second-order valence-electron chi connectivity index (χ2n) is 4.82. The van der Waals surface area contributed by atoms with Crippen molar-refractivity contribution in [2.45, 2.75) is 13.8 Å². The molecule has 0 saturated carbocycles. The van der Waals surface area contributed by atoms with Crippen molar-refractivity contribution in [2.75, 3.05) is 0 Å². The van der Waals surface area contributed by atoms with Gasteiger partial charge in [0.15, 0.2) is 0 Å². The van der Waals surface area contributed by atoms with E-state index in [2.05, 4.69) is 0 Å². The zero-order valence-electron chi connectivity index (χ0n) is 14.6. The number of aliphatic hydroxyl groups is 1. The van der Waals surface area contributed by atoms with Gasteiger partial charge in [-0.1, -0.05) is 48.5 Å². The van der Waals surface area contributed by atoms with Crippen LogP contribution in [-0.2, 0) is 0 Å². The van der Waals surface area contributed by atoms with Gasteiger partial charge in [-0.15, -0.1) is 0 Å². The summed E-state index contributed by atoms with van der Waals surface area (Å²) in [5.41, 5.74) is 1.35. The molecule has 0 fully saturated rings. The summed E-state index contributed by atoms with van der Waals surface area (Å²) in [5, 5.41) is 21.9. The molecule has 0 aliphatic heterocycles. The van der Waals surface area contributed by atoms with E-state index in [1.807, 2.05) is 36.4 Å². The Kier molecular flexibility index (Phi) is 15.3. The minimum absolute atomic E-state index is 0. The normalized spacial score (nSPS) is 9.23. The molecule has 0 bridgehead atoms. The van der Waals surface area contributed by atoms with E-state index >= 15 is 0 Å². The van der Waals surface area contributed by atoms with Crippen molar-refractivity contribution in [3.8, 4) is 0 Å². The van der Waals surface area contributed by atoms with E-state index in [-0.39, 0.29) is 64.3 Å². The number of carbonyl (C=O) groups excluding carboxylic acids is 3. The average molecular weight is 494 g/mol. The van der Waals surface area contributed by atoms with Gasteiger partial charge >= 0.3 is 58.6 Å². The molecule has 1 radical (unpaired) electrons. The van der Waals surface area contributed by atoms with E-state index in [9.17, 15) is 9.90 Å². The Morgan fingerprint density at radius 1 is 0.769 bits per heavy atom. The van der Waals surface area contributed by atoms with Gasteiger partial charge in [-0.2, -0.15) is 0 Å². The molecule has 0 amide bonds. The number of aliphatic hydroxyl groups excluding tert-OH is 1. The molecule has 0 aromatic heterocycles. The molecule has 0 atom stereocenters. The quantitative estimate of drug-likeness (QED) is 0.296. The molecule has 0 aliphatic rings. The first-order valence-corrected chi connectivity index (χ1v) is 7.29. The minimum Gasteiger partial charge on any atom is -0.524 e. The number of hydrogen-bond acceptors (Lipinski definition) is 1. The second-order valence-corrected chi connectivity index (χ2v) is 4.82. The number of ketones is 1. The summed E-state index contributed by atoms with van der Waals surface area (Å²) in [4.78, 5) is 25.1. The molecule has 0 heterocycles. The second kappa shape index (κ2) is 15.2. The third-order valence-corrected chi connectivity index (χ3v) is 2.41. The molecule has 0 aliphatic carbocycles. The van der Waals surface area contributed by atoms with Crippen molar-refractivity contribution in [1.82, 2.24) is 0 Å². The molecule has 133 valence electrons. The van der Waals surface area contributed by atoms with Crippen LogP contribution in [0.2, 0.25) is 0 Å². The van der Waals surface area contributed by atoms with Crippen molar-refractivity contribution in [3.63, 3.8) is 0 Å². The predicted octanol–water partition coefficient (Wildman–Crippen LogP) is 1.65. The smallest absolute Gasteiger partial charge is 0.524 e. The molecule has 2 aromatic carbocycles. The summed E-state index contributed by atoms with van der Waals surface area (Å²) in [5.74, 6) is -0.570. The summed E-state index contributed by atoms with van der Waals surface area (Å²) in [6.45, 7) is 2.61. The molecule has 8 N–H and O–H groups in total. The van der Waals surface area contributed by atoms with Crippen LogP contribution in [0.15, 0.2) is 66.7 Å². The van der Waals surface area contributed by atoms with Crippen LogP contribution in [0.25, 0.3) is 5.76 Å². The number of benzene rings is 2. The van der Waals surface area contributed by atoms with Crippen molar-refractivity contribution in [3.05, 3.63) is 77.9 Å². The molecular formula is C19H25NdO6+8. The van der Waals surface area contributed by atoms with E-state index in [1.165, 1.54) is 19.9 Å². The Balaban J connectivity index is 0. The summed E-state index contributed by atoms with van der Waals surface area (Å²) >= 11 is 0. The Bertz CT molecular complexity index is 691. The first kappa shape index (κ1) is 26.2. The minimum atomic E-state index is -0.333. The van der Waals surface area contributed by atoms with Gasteiger partial charge in [-0.05, 0) is 12.1 Å². The molecule has 2 rings (SSSR count). The largest absolute Gasteiger partial charge is 3.00 e. The molecule has 6 nitrogen and oxygen atoms in total. The van der Waals surface area contributed by atoms with Crippen LogP contribution in [0.4, 0.5) is 0 Å². The fraction of sp³-hybridized carbons (Fsp3) is 0.105. The third-order valence-electron chi connectivity index (χ3n) is 2.41. The van der Waals surface area contributed by atoms with E-state index in [4.69, 9.17) is 19.8 Å². The summed E-state index contributed by atoms with van der Waals surface area (Å²) < 4.78 is 0. The van der Waals surface area contributed by atoms with Gasteiger partial charge in [0.1, 0.15) is 19.6 Å². The Labute approximate surface area is 184 Å². The van der Waals surface area contributed by atoms with Crippen molar-refractivity contribution >= 4 is 23.5 Å². The number of hydrogen-bond donors (Lipinski definition) is 1. The summed E-state index contributed by atoms with van der Waals surface area (Å²) in [6.07, 6.45) is 1.35. The van der Waals surface area contributed by atoms with Crippen LogP contribution in [0.3, 0.4) is 0 Å².